The van der Waals surface area contributed by atoms with Crippen LogP contribution in [-0.4, -0.2) is 57.5 Å². The molecule has 13 nitrogen and oxygen atoms in total. The number of nitrogens with zero attached hydrogens (tertiary/aromatic N) is 8. The Morgan fingerprint density at radius 3 is 1.40 bits per heavy atom. The van der Waals surface area contributed by atoms with Crippen LogP contribution in [0, 0.1) is 13.8 Å². The van der Waals surface area contributed by atoms with Crippen LogP contribution in [0.2, 0.25) is 10.0 Å². The predicted molar refractivity (Wildman–Crippen MR) is 197 cm³/mol. The summed E-state index contributed by atoms with van der Waals surface area (Å²) in [5.74, 6) is 0. The average molecular weight is 744 g/mol. The van der Waals surface area contributed by atoms with Crippen molar-refractivity contribution in [2.24, 2.45) is 14.1 Å². The third-order valence-corrected chi connectivity index (χ3v) is 8.97. The van der Waals surface area contributed by atoms with E-state index in [0.717, 1.165) is 22.5 Å². The lowest BCUT2D eigenvalue weighted by Gasteiger charge is -2.19. The van der Waals surface area contributed by atoms with Crippen molar-refractivity contribution in [3.05, 3.63) is 126 Å². The van der Waals surface area contributed by atoms with E-state index >= 15 is 0 Å². The van der Waals surface area contributed by atoms with Crippen LogP contribution in [0.3, 0.4) is 0 Å². The summed E-state index contributed by atoms with van der Waals surface area (Å²) in [6.45, 7) is 7.10. The Bertz CT molecular complexity index is 2210. The minimum absolute atomic E-state index is 0.162. The van der Waals surface area contributed by atoms with E-state index in [-0.39, 0.29) is 24.0 Å². The van der Waals surface area contributed by atoms with E-state index in [1.807, 2.05) is 50.2 Å². The van der Waals surface area contributed by atoms with Gasteiger partial charge in [-0.05, 0) is 64.1 Å². The third-order valence-electron chi connectivity index (χ3n) is 8.46. The van der Waals surface area contributed by atoms with Crippen LogP contribution in [0.25, 0.3) is 33.9 Å². The second-order valence-electron chi connectivity index (χ2n) is 12.6. The predicted octanol–water partition coefficient (Wildman–Crippen LogP) is 6.22. The van der Waals surface area contributed by atoms with Crippen LogP contribution in [0.15, 0.2) is 82.6 Å². The first kappa shape index (κ1) is 36.3. The van der Waals surface area contributed by atoms with Gasteiger partial charge in [0, 0.05) is 70.6 Å². The highest BCUT2D eigenvalue weighted by Crippen LogP contribution is 2.25. The zero-order valence-electron chi connectivity index (χ0n) is 29.4. The number of ether oxygens (including phenoxy) is 2. The van der Waals surface area contributed by atoms with E-state index < -0.39 is 18.4 Å². The summed E-state index contributed by atoms with van der Waals surface area (Å²) < 4.78 is 16.9. The first-order valence-corrected chi connectivity index (χ1v) is 17.2. The van der Waals surface area contributed by atoms with E-state index in [1.165, 1.54) is 9.36 Å². The normalized spacial score (nSPS) is 12.5. The van der Waals surface area contributed by atoms with Gasteiger partial charge in [-0.3, -0.25) is 9.59 Å². The number of carbonyl (C=O) groups is 1. The Balaban J connectivity index is 1.17. The molecule has 52 heavy (non-hydrogen) atoms. The van der Waals surface area contributed by atoms with E-state index in [2.05, 4.69) is 10.2 Å². The van der Waals surface area contributed by atoms with Gasteiger partial charge >= 0.3 is 6.16 Å². The molecule has 2 aromatic carbocycles. The van der Waals surface area contributed by atoms with Crippen LogP contribution in [0.4, 0.5) is 4.79 Å². The summed E-state index contributed by atoms with van der Waals surface area (Å²) in [7, 11) is 3.12. The minimum atomic E-state index is -0.905. The van der Waals surface area contributed by atoms with Gasteiger partial charge in [0.2, 0.25) is 0 Å². The summed E-state index contributed by atoms with van der Waals surface area (Å²) in [6, 6.07) is 18.3. The van der Waals surface area contributed by atoms with Gasteiger partial charge in [-0.15, -0.1) is 0 Å². The molecule has 4 heterocycles. The molecule has 0 spiro atoms. The smallest absolute Gasteiger partial charge is 0.431 e. The molecule has 0 aliphatic heterocycles. The van der Waals surface area contributed by atoms with Crippen LogP contribution >= 0.6 is 23.2 Å². The largest absolute Gasteiger partial charge is 0.508 e. The lowest BCUT2D eigenvalue weighted by molar-refractivity contribution is 0.00787. The zero-order valence-corrected chi connectivity index (χ0v) is 30.9. The lowest BCUT2D eigenvalue weighted by atomic mass is 10.1. The number of hydrogen-bond acceptors (Lipinski definition) is 9. The van der Waals surface area contributed by atoms with Gasteiger partial charge in [0.1, 0.15) is 23.6 Å². The molecular weight excluding hydrogens is 707 g/mol. The summed E-state index contributed by atoms with van der Waals surface area (Å²) in [5.41, 5.74) is 5.42. The molecule has 0 saturated carbocycles. The number of halogens is 2. The number of carbonyl (C=O) groups excluding carboxylic acids is 1. The maximum Gasteiger partial charge on any atom is 0.508 e. The Kier molecular flexibility index (Phi) is 10.4. The minimum Gasteiger partial charge on any atom is -0.431 e. The van der Waals surface area contributed by atoms with Crippen molar-refractivity contribution >= 4 is 29.4 Å². The van der Waals surface area contributed by atoms with Crippen molar-refractivity contribution in [1.82, 2.24) is 39.1 Å². The fraction of sp³-hybridized carbons (Fsp3) is 0.270. The first-order chi connectivity index (χ1) is 24.8. The Morgan fingerprint density at radius 2 is 1.04 bits per heavy atom. The van der Waals surface area contributed by atoms with Crippen molar-refractivity contribution in [3.63, 3.8) is 0 Å². The zero-order chi connectivity index (χ0) is 37.3. The maximum absolute atomic E-state index is 13.4. The molecule has 6 rings (SSSR count). The monoisotopic (exact) mass is 742 g/mol. The van der Waals surface area contributed by atoms with Crippen molar-refractivity contribution in [2.75, 3.05) is 0 Å². The number of benzene rings is 2. The van der Waals surface area contributed by atoms with Gasteiger partial charge in [-0.2, -0.15) is 20.4 Å². The van der Waals surface area contributed by atoms with Crippen molar-refractivity contribution in [1.29, 1.82) is 0 Å². The second kappa shape index (κ2) is 15.0. The van der Waals surface area contributed by atoms with Crippen molar-refractivity contribution < 1.29 is 14.3 Å². The van der Waals surface area contributed by atoms with Crippen LogP contribution < -0.4 is 11.1 Å². The molecule has 0 bridgehead atoms. The summed E-state index contributed by atoms with van der Waals surface area (Å²) >= 11 is 12.1. The molecule has 4 aromatic heterocycles. The SMILES string of the molecule is Cc1cc(-c2ccc(Cl)cc2)nn1-c1c(CC(C)OC(=O)OC(C)Cc2cnn(C)c(=O)c2-n2nc(-c3ccc(Cl)cc3)cc2C)cnn(C)c1=O. The van der Waals surface area contributed by atoms with Gasteiger partial charge in [0.15, 0.2) is 0 Å². The van der Waals surface area contributed by atoms with Crippen molar-refractivity contribution in [2.45, 2.75) is 52.7 Å². The number of aryl methyl sites for hydroxylation is 4. The molecule has 0 saturated heterocycles. The fourth-order valence-electron chi connectivity index (χ4n) is 5.86. The van der Waals surface area contributed by atoms with Gasteiger partial charge in [0.25, 0.3) is 11.1 Å². The topological polar surface area (TPSA) is 141 Å². The van der Waals surface area contributed by atoms with Gasteiger partial charge in [-0.1, -0.05) is 47.5 Å². The number of rotatable bonds is 10. The third kappa shape index (κ3) is 7.70. The molecular formula is C37H36Cl2N8O5. The van der Waals surface area contributed by atoms with E-state index in [4.69, 9.17) is 42.9 Å². The molecule has 2 unspecified atom stereocenters. The molecule has 2 atom stereocenters. The molecule has 6 aromatic rings. The molecule has 0 aliphatic rings. The first-order valence-electron chi connectivity index (χ1n) is 16.4. The van der Waals surface area contributed by atoms with Gasteiger partial charge in [-0.25, -0.2) is 23.5 Å². The Hall–Kier alpha value is -5.53. The summed E-state index contributed by atoms with van der Waals surface area (Å²) in [5, 5.41) is 19.0. The maximum atomic E-state index is 13.4. The summed E-state index contributed by atoms with van der Waals surface area (Å²) in [6.07, 6.45) is 1.15. The molecule has 0 aliphatic carbocycles. The molecule has 0 fully saturated rings. The average Bonchev–Trinajstić information content (AvgIpc) is 3.67. The Labute approximate surface area is 308 Å². The van der Waals surface area contributed by atoms with Crippen LogP contribution in [0.1, 0.15) is 36.4 Å². The van der Waals surface area contributed by atoms with Gasteiger partial charge in [0.05, 0.1) is 23.8 Å². The molecule has 0 N–H and O–H groups in total. The second-order valence-corrected chi connectivity index (χ2v) is 13.5. The number of aromatic nitrogens is 8. The van der Waals surface area contributed by atoms with Crippen molar-refractivity contribution in [3.8, 4) is 33.9 Å². The molecule has 15 heteroatoms. The molecule has 268 valence electrons. The van der Waals surface area contributed by atoms with Crippen LogP contribution in [-0.2, 0) is 36.4 Å². The van der Waals surface area contributed by atoms with E-state index in [0.29, 0.717) is 43.9 Å². The lowest BCUT2D eigenvalue weighted by Crippen LogP contribution is -2.30. The summed E-state index contributed by atoms with van der Waals surface area (Å²) in [4.78, 5) is 39.8. The standard InChI is InChI=1S/C37H36Cl2N8O5/c1-21-15-31(25-7-11-29(38)12-8-25)42-46(21)33-27(19-40-44(5)35(33)48)17-23(3)51-37(50)52-24(4)18-28-20-41-45(6)36(49)34(28)47-22(2)16-32(43-47)26-9-13-30(39)14-10-26/h7-16,19-20,23-24H,17-18H2,1-6H3. The molecule has 0 radical (unpaired) electrons. The van der Waals surface area contributed by atoms with Crippen LogP contribution in [0.5, 0.6) is 0 Å². The van der Waals surface area contributed by atoms with Gasteiger partial charge < -0.3 is 9.47 Å². The highest BCUT2D eigenvalue weighted by atomic mass is 35.5. The molecule has 0 amide bonds. The van der Waals surface area contributed by atoms with E-state index in [9.17, 15) is 14.4 Å². The highest BCUT2D eigenvalue weighted by molar-refractivity contribution is 6.30. The number of hydrogen-bond donors (Lipinski definition) is 0. The fourth-order valence-corrected chi connectivity index (χ4v) is 6.11. The quantitative estimate of drug-likeness (QED) is 0.150. The van der Waals surface area contributed by atoms with E-state index in [1.54, 1.807) is 74.0 Å². The highest BCUT2D eigenvalue weighted by Gasteiger charge is 2.23. The Morgan fingerprint density at radius 1 is 0.673 bits per heavy atom.